The van der Waals surface area contributed by atoms with Gasteiger partial charge in [-0.1, -0.05) is 0 Å². The Balaban J connectivity index is 1.69. The predicted octanol–water partition coefficient (Wildman–Crippen LogP) is 3.33. The van der Waals surface area contributed by atoms with Crippen LogP contribution < -0.4 is 5.32 Å². The van der Waals surface area contributed by atoms with Crippen molar-refractivity contribution in [3.05, 3.63) is 64.8 Å². The number of carbonyl (C=O) groups is 1. The summed E-state index contributed by atoms with van der Waals surface area (Å²) >= 11 is 1.50. The van der Waals surface area contributed by atoms with E-state index in [1.54, 1.807) is 24.7 Å². The summed E-state index contributed by atoms with van der Waals surface area (Å²) in [4.78, 5) is 16.0. The van der Waals surface area contributed by atoms with Gasteiger partial charge in [0.15, 0.2) is 0 Å². The maximum Gasteiger partial charge on any atom is 0.252 e. The number of aromatic nitrogens is 1. The van der Waals surface area contributed by atoms with Gasteiger partial charge in [-0.3, -0.25) is 9.78 Å². The van der Waals surface area contributed by atoms with Crippen molar-refractivity contribution >= 4 is 17.2 Å². The van der Waals surface area contributed by atoms with Crippen molar-refractivity contribution in [2.45, 2.75) is 6.54 Å². The molecule has 0 unspecified atom stereocenters. The predicted molar refractivity (Wildman–Crippen MR) is 77.4 cm³/mol. The minimum Gasteiger partial charge on any atom is -0.464 e. The first kappa shape index (κ1) is 12.6. The van der Waals surface area contributed by atoms with Gasteiger partial charge >= 0.3 is 0 Å². The molecule has 0 saturated carbocycles. The number of thiophene rings is 1. The Morgan fingerprint density at radius 3 is 3.05 bits per heavy atom. The summed E-state index contributed by atoms with van der Waals surface area (Å²) < 4.78 is 5.33. The standard InChI is InChI=1S/C15H12N2O2S/c18-15(12-3-5-20-10-12)17-8-11-6-13(9-16-7-11)14-2-1-4-19-14/h1-7,9-10H,8H2,(H,17,18). The second-order valence-electron chi connectivity index (χ2n) is 4.25. The van der Waals surface area contributed by atoms with Crippen molar-refractivity contribution in [1.82, 2.24) is 10.3 Å². The molecule has 3 aromatic rings. The fraction of sp³-hybridized carbons (Fsp3) is 0.0667. The number of hydrogen-bond acceptors (Lipinski definition) is 4. The molecule has 0 atom stereocenters. The van der Waals surface area contributed by atoms with Crippen molar-refractivity contribution in [2.75, 3.05) is 0 Å². The highest BCUT2D eigenvalue weighted by Gasteiger charge is 2.06. The lowest BCUT2D eigenvalue weighted by molar-refractivity contribution is 0.0951. The zero-order chi connectivity index (χ0) is 13.8. The second-order valence-corrected chi connectivity index (χ2v) is 5.03. The maximum absolute atomic E-state index is 11.8. The first-order valence-electron chi connectivity index (χ1n) is 6.11. The number of amides is 1. The van der Waals surface area contributed by atoms with Crippen LogP contribution in [0, 0.1) is 0 Å². The molecule has 3 heterocycles. The van der Waals surface area contributed by atoms with E-state index in [9.17, 15) is 4.79 Å². The third-order valence-corrected chi connectivity index (χ3v) is 3.52. The average Bonchev–Trinajstić information content (AvgIpc) is 3.17. The van der Waals surface area contributed by atoms with Gasteiger partial charge < -0.3 is 9.73 Å². The topological polar surface area (TPSA) is 55.1 Å². The van der Waals surface area contributed by atoms with Gasteiger partial charge in [0, 0.05) is 35.4 Å². The molecule has 0 aliphatic heterocycles. The number of nitrogens with zero attached hydrogens (tertiary/aromatic N) is 1. The van der Waals surface area contributed by atoms with Gasteiger partial charge in [0.25, 0.3) is 5.91 Å². The van der Waals surface area contributed by atoms with Crippen molar-refractivity contribution in [2.24, 2.45) is 0 Å². The van der Waals surface area contributed by atoms with Crippen LogP contribution in [0.5, 0.6) is 0 Å². The van der Waals surface area contributed by atoms with Gasteiger partial charge in [0.1, 0.15) is 5.76 Å². The first-order chi connectivity index (χ1) is 9.83. The molecule has 20 heavy (non-hydrogen) atoms. The van der Waals surface area contributed by atoms with Crippen LogP contribution in [0.3, 0.4) is 0 Å². The summed E-state index contributed by atoms with van der Waals surface area (Å²) in [5, 5.41) is 6.58. The number of pyridine rings is 1. The lowest BCUT2D eigenvalue weighted by atomic mass is 10.1. The van der Waals surface area contributed by atoms with Gasteiger partial charge in [-0.25, -0.2) is 0 Å². The molecule has 0 aliphatic carbocycles. The largest absolute Gasteiger partial charge is 0.464 e. The molecule has 0 radical (unpaired) electrons. The van der Waals surface area contributed by atoms with E-state index in [1.165, 1.54) is 11.3 Å². The van der Waals surface area contributed by atoms with Gasteiger partial charge in [-0.05, 0) is 35.2 Å². The molecule has 1 amide bonds. The van der Waals surface area contributed by atoms with E-state index in [2.05, 4.69) is 10.3 Å². The minimum atomic E-state index is -0.0744. The van der Waals surface area contributed by atoms with Crippen molar-refractivity contribution in [1.29, 1.82) is 0 Å². The van der Waals surface area contributed by atoms with Crippen LogP contribution in [0.1, 0.15) is 15.9 Å². The molecule has 0 saturated heterocycles. The van der Waals surface area contributed by atoms with Crippen LogP contribution >= 0.6 is 11.3 Å². The smallest absolute Gasteiger partial charge is 0.252 e. The molecule has 1 N–H and O–H groups in total. The number of nitrogens with one attached hydrogen (secondary N) is 1. The summed E-state index contributed by atoms with van der Waals surface area (Å²) in [6.07, 6.45) is 5.10. The normalized spacial score (nSPS) is 10.4. The van der Waals surface area contributed by atoms with E-state index in [1.807, 2.05) is 29.0 Å². The summed E-state index contributed by atoms with van der Waals surface area (Å²) in [5.74, 6) is 0.693. The molecule has 0 bridgehead atoms. The highest BCUT2D eigenvalue weighted by molar-refractivity contribution is 7.08. The second kappa shape index (κ2) is 5.71. The zero-order valence-electron chi connectivity index (χ0n) is 10.6. The molecule has 3 rings (SSSR count). The zero-order valence-corrected chi connectivity index (χ0v) is 11.4. The first-order valence-corrected chi connectivity index (χ1v) is 7.05. The summed E-state index contributed by atoms with van der Waals surface area (Å²) in [6, 6.07) is 7.47. The number of hydrogen-bond donors (Lipinski definition) is 1. The Morgan fingerprint density at radius 1 is 1.35 bits per heavy atom. The van der Waals surface area contributed by atoms with Crippen LogP contribution in [0.4, 0.5) is 0 Å². The molecule has 4 nitrogen and oxygen atoms in total. The van der Waals surface area contributed by atoms with E-state index in [-0.39, 0.29) is 5.91 Å². The Bertz CT molecular complexity index is 691. The molecule has 3 aromatic heterocycles. The van der Waals surface area contributed by atoms with Crippen LogP contribution in [0.2, 0.25) is 0 Å². The van der Waals surface area contributed by atoms with Crippen LogP contribution in [-0.2, 0) is 6.54 Å². The fourth-order valence-corrected chi connectivity index (χ4v) is 2.48. The molecule has 0 spiro atoms. The third-order valence-electron chi connectivity index (χ3n) is 2.84. The van der Waals surface area contributed by atoms with Gasteiger partial charge in [-0.15, -0.1) is 0 Å². The highest BCUT2D eigenvalue weighted by Crippen LogP contribution is 2.19. The highest BCUT2D eigenvalue weighted by atomic mass is 32.1. The van der Waals surface area contributed by atoms with Crippen LogP contribution in [-0.4, -0.2) is 10.9 Å². The quantitative estimate of drug-likeness (QED) is 0.799. The van der Waals surface area contributed by atoms with E-state index in [0.29, 0.717) is 12.1 Å². The summed E-state index contributed by atoms with van der Waals surface area (Å²) in [5.41, 5.74) is 2.52. The number of furan rings is 1. The van der Waals surface area contributed by atoms with Crippen LogP contribution in [0.15, 0.2) is 58.1 Å². The molecule has 0 fully saturated rings. The molecule has 0 aromatic carbocycles. The van der Waals surface area contributed by atoms with E-state index in [4.69, 9.17) is 4.42 Å². The van der Waals surface area contributed by atoms with E-state index >= 15 is 0 Å². The summed E-state index contributed by atoms with van der Waals surface area (Å²) in [6.45, 7) is 0.441. The Morgan fingerprint density at radius 2 is 2.30 bits per heavy atom. The molecule has 5 heteroatoms. The van der Waals surface area contributed by atoms with Crippen molar-refractivity contribution in [3.8, 4) is 11.3 Å². The van der Waals surface area contributed by atoms with Gasteiger partial charge in [-0.2, -0.15) is 11.3 Å². The van der Waals surface area contributed by atoms with Crippen molar-refractivity contribution in [3.63, 3.8) is 0 Å². The maximum atomic E-state index is 11.8. The minimum absolute atomic E-state index is 0.0744. The van der Waals surface area contributed by atoms with Gasteiger partial charge in [0.2, 0.25) is 0 Å². The lowest BCUT2D eigenvalue weighted by Gasteiger charge is -2.05. The average molecular weight is 284 g/mol. The Hall–Kier alpha value is -2.40. The van der Waals surface area contributed by atoms with E-state index < -0.39 is 0 Å². The monoisotopic (exact) mass is 284 g/mol. The van der Waals surface area contributed by atoms with Gasteiger partial charge in [0.05, 0.1) is 6.26 Å². The molecular weight excluding hydrogens is 272 g/mol. The fourth-order valence-electron chi connectivity index (χ4n) is 1.84. The Labute approximate surface area is 120 Å². The molecular formula is C15H12N2O2S. The van der Waals surface area contributed by atoms with Crippen LogP contribution in [0.25, 0.3) is 11.3 Å². The molecule has 100 valence electrons. The lowest BCUT2D eigenvalue weighted by Crippen LogP contribution is -2.22. The van der Waals surface area contributed by atoms with Crippen molar-refractivity contribution < 1.29 is 9.21 Å². The Kier molecular flexibility index (Phi) is 3.60. The number of rotatable bonds is 4. The number of carbonyl (C=O) groups excluding carboxylic acids is 1. The van der Waals surface area contributed by atoms with E-state index in [0.717, 1.165) is 16.9 Å². The molecule has 0 aliphatic rings. The summed E-state index contributed by atoms with van der Waals surface area (Å²) in [7, 11) is 0. The third kappa shape index (κ3) is 2.78. The SMILES string of the molecule is O=C(NCc1cncc(-c2ccco2)c1)c1ccsc1.